The first kappa shape index (κ1) is 14.9. The molecule has 3 aliphatic rings. The highest BCUT2D eigenvalue weighted by Gasteiger charge is 2.70. The number of likely N-dealkylation sites (tertiary alicyclic amines) is 1. The fourth-order valence-corrected chi connectivity index (χ4v) is 4.12. The van der Waals surface area contributed by atoms with Crippen LogP contribution in [0.25, 0.3) is 0 Å². The van der Waals surface area contributed by atoms with Gasteiger partial charge in [-0.1, -0.05) is 0 Å². The molecule has 3 heterocycles. The van der Waals surface area contributed by atoms with Gasteiger partial charge in [-0.05, 0) is 22.8 Å². The quantitative estimate of drug-likeness (QED) is 0.793. The van der Waals surface area contributed by atoms with Gasteiger partial charge in [0.1, 0.15) is 11.9 Å². The van der Waals surface area contributed by atoms with Gasteiger partial charge >= 0.3 is 6.18 Å². The van der Waals surface area contributed by atoms with Crippen molar-refractivity contribution < 1.29 is 22.7 Å². The summed E-state index contributed by atoms with van der Waals surface area (Å²) in [5, 5.41) is 11.0. The van der Waals surface area contributed by atoms with Crippen molar-refractivity contribution in [1.29, 1.82) is 0 Å². The number of halogens is 3. The molecule has 10 heteroatoms. The maximum absolute atomic E-state index is 13.1. The molecule has 2 aliphatic heterocycles. The van der Waals surface area contributed by atoms with Gasteiger partial charge in [-0.15, -0.1) is 5.10 Å². The largest absolute Gasteiger partial charge is 0.394 e. The van der Waals surface area contributed by atoms with Crippen molar-refractivity contribution in [2.24, 2.45) is 11.8 Å². The molecule has 3 unspecified atom stereocenters. The van der Waals surface area contributed by atoms with E-state index in [4.69, 9.17) is 4.74 Å². The van der Waals surface area contributed by atoms with Gasteiger partial charge in [0.15, 0.2) is 0 Å². The first-order valence-corrected chi connectivity index (χ1v) is 7.64. The summed E-state index contributed by atoms with van der Waals surface area (Å²) in [7, 11) is 0. The third-order valence-electron chi connectivity index (χ3n) is 5.33. The fourth-order valence-electron chi connectivity index (χ4n) is 4.12. The molecule has 3 atom stereocenters. The van der Waals surface area contributed by atoms with Crippen LogP contribution in [0.2, 0.25) is 0 Å². The van der Waals surface area contributed by atoms with Crippen molar-refractivity contribution in [3.8, 4) is 0 Å². The molecule has 1 aromatic rings. The van der Waals surface area contributed by atoms with E-state index in [1.54, 1.807) is 0 Å². The number of ether oxygens (including phenoxy) is 1. The van der Waals surface area contributed by atoms with Crippen molar-refractivity contribution in [3.63, 3.8) is 0 Å². The molecule has 126 valence electrons. The van der Waals surface area contributed by atoms with Crippen LogP contribution < -0.4 is 0 Å². The van der Waals surface area contributed by atoms with Crippen LogP contribution in [0.3, 0.4) is 0 Å². The number of fused-ring (bicyclic) bond motifs is 1. The zero-order valence-electron chi connectivity index (χ0n) is 12.2. The summed E-state index contributed by atoms with van der Waals surface area (Å²) < 4.78 is 45.7. The Labute approximate surface area is 129 Å². The number of hydrogen-bond donors (Lipinski definition) is 0. The Hall–Kier alpha value is -1.71. The average Bonchev–Trinajstić information content (AvgIpc) is 2.93. The van der Waals surface area contributed by atoms with Crippen molar-refractivity contribution in [3.05, 3.63) is 6.33 Å². The minimum atomic E-state index is -4.24. The number of carbonyl (C=O) groups is 1. The molecular formula is C13H16F3N5O2. The van der Waals surface area contributed by atoms with Crippen LogP contribution in [0.4, 0.5) is 13.2 Å². The van der Waals surface area contributed by atoms with E-state index in [2.05, 4.69) is 15.5 Å². The van der Waals surface area contributed by atoms with E-state index >= 15 is 0 Å². The van der Waals surface area contributed by atoms with Crippen LogP contribution in [-0.2, 0) is 15.1 Å². The summed E-state index contributed by atoms with van der Waals surface area (Å²) in [6.45, 7) is 1.08. The number of hydrogen-bond acceptors (Lipinski definition) is 5. The topological polar surface area (TPSA) is 73.1 Å². The molecule has 0 N–H and O–H groups in total. The number of rotatable bonds is 2. The number of alkyl halides is 3. The maximum atomic E-state index is 13.1. The van der Waals surface area contributed by atoms with Crippen molar-refractivity contribution in [2.75, 3.05) is 19.8 Å². The summed E-state index contributed by atoms with van der Waals surface area (Å²) >= 11 is 0. The Balaban J connectivity index is 1.62. The summed E-state index contributed by atoms with van der Waals surface area (Å²) in [6, 6.07) is -0.723. The molecule has 4 rings (SSSR count). The van der Waals surface area contributed by atoms with E-state index < -0.39 is 29.6 Å². The monoisotopic (exact) mass is 331 g/mol. The van der Waals surface area contributed by atoms with Crippen LogP contribution >= 0.6 is 0 Å². The van der Waals surface area contributed by atoms with Gasteiger partial charge in [0, 0.05) is 38.6 Å². The molecular weight excluding hydrogens is 315 g/mol. The number of tetrazole rings is 1. The van der Waals surface area contributed by atoms with Gasteiger partial charge in [-0.3, -0.25) is 4.79 Å². The van der Waals surface area contributed by atoms with Crippen LogP contribution in [-0.4, -0.2) is 63.0 Å². The molecule has 1 amide bonds. The zero-order valence-corrected chi connectivity index (χ0v) is 12.2. The second-order valence-corrected chi connectivity index (χ2v) is 6.41. The van der Waals surface area contributed by atoms with Gasteiger partial charge in [-0.2, -0.15) is 13.2 Å². The van der Waals surface area contributed by atoms with Gasteiger partial charge in [0.05, 0.1) is 5.92 Å². The van der Waals surface area contributed by atoms with Crippen LogP contribution in [0.5, 0.6) is 0 Å². The molecule has 1 saturated carbocycles. The van der Waals surface area contributed by atoms with E-state index in [-0.39, 0.29) is 5.91 Å². The van der Waals surface area contributed by atoms with Gasteiger partial charge in [0.25, 0.3) is 5.91 Å². The lowest BCUT2D eigenvalue weighted by Crippen LogP contribution is -2.54. The average molecular weight is 331 g/mol. The van der Waals surface area contributed by atoms with Crippen molar-refractivity contribution in [1.82, 2.24) is 25.1 Å². The third kappa shape index (κ3) is 2.14. The predicted octanol–water partition coefficient (Wildman–Crippen LogP) is 0.588. The SMILES string of the molecule is O=C(N1CCC2C1C2C(F)(F)F)C1(n2cnnn2)CCOCC1. The molecule has 2 saturated heterocycles. The summed E-state index contributed by atoms with van der Waals surface area (Å²) in [5.41, 5.74) is -1.03. The summed E-state index contributed by atoms with van der Waals surface area (Å²) in [4.78, 5) is 14.5. The lowest BCUT2D eigenvalue weighted by atomic mass is 9.88. The second kappa shape index (κ2) is 4.89. The fraction of sp³-hybridized carbons (Fsp3) is 0.846. The van der Waals surface area contributed by atoms with Gasteiger partial charge in [0.2, 0.25) is 0 Å². The lowest BCUT2D eigenvalue weighted by molar-refractivity contribution is -0.163. The molecule has 0 aromatic carbocycles. The van der Waals surface area contributed by atoms with Gasteiger partial charge < -0.3 is 9.64 Å². The maximum Gasteiger partial charge on any atom is 0.394 e. The molecule has 3 fully saturated rings. The number of carbonyl (C=O) groups excluding carboxylic acids is 1. The number of aromatic nitrogens is 4. The Morgan fingerprint density at radius 1 is 1.30 bits per heavy atom. The van der Waals surface area contributed by atoms with Crippen LogP contribution in [0.1, 0.15) is 19.3 Å². The zero-order chi connectivity index (χ0) is 16.2. The standard InChI is InChI=1S/C13H16F3N5O2/c14-13(15,16)9-8-1-4-20(10(8)9)11(22)12(2-5-23-6-3-12)21-7-17-18-19-21/h7-10H,1-6H2. The molecule has 0 radical (unpaired) electrons. The highest BCUT2D eigenvalue weighted by molar-refractivity contribution is 5.85. The van der Waals surface area contributed by atoms with E-state index in [9.17, 15) is 18.0 Å². The van der Waals surface area contributed by atoms with Crippen molar-refractivity contribution >= 4 is 5.91 Å². The predicted molar refractivity (Wildman–Crippen MR) is 69.0 cm³/mol. The first-order chi connectivity index (χ1) is 11.0. The number of piperidine rings is 1. The second-order valence-electron chi connectivity index (χ2n) is 6.41. The Morgan fingerprint density at radius 2 is 2.04 bits per heavy atom. The van der Waals surface area contributed by atoms with E-state index in [1.165, 1.54) is 15.9 Å². The number of amides is 1. The molecule has 23 heavy (non-hydrogen) atoms. The summed E-state index contributed by atoms with van der Waals surface area (Å²) in [5.74, 6) is -2.15. The van der Waals surface area contributed by atoms with E-state index in [1.807, 2.05) is 0 Å². The van der Waals surface area contributed by atoms with E-state index in [0.717, 1.165) is 0 Å². The Bertz CT molecular complexity index is 599. The smallest absolute Gasteiger partial charge is 0.381 e. The summed E-state index contributed by atoms with van der Waals surface area (Å²) in [6.07, 6.45) is -1.76. The molecule has 0 spiro atoms. The number of nitrogens with zero attached hydrogens (tertiary/aromatic N) is 5. The molecule has 1 aliphatic carbocycles. The van der Waals surface area contributed by atoms with Gasteiger partial charge in [-0.25, -0.2) is 4.68 Å². The minimum Gasteiger partial charge on any atom is -0.381 e. The van der Waals surface area contributed by atoms with Crippen molar-refractivity contribution in [2.45, 2.75) is 37.0 Å². The molecule has 1 aromatic heterocycles. The Kier molecular flexibility index (Phi) is 3.16. The Morgan fingerprint density at radius 3 is 2.61 bits per heavy atom. The molecule has 7 nitrogen and oxygen atoms in total. The first-order valence-electron chi connectivity index (χ1n) is 7.64. The normalized spacial score (nSPS) is 32.7. The third-order valence-corrected chi connectivity index (χ3v) is 5.33. The highest BCUT2D eigenvalue weighted by atomic mass is 19.4. The highest BCUT2D eigenvalue weighted by Crippen LogP contribution is 2.58. The van der Waals surface area contributed by atoms with Crippen LogP contribution in [0, 0.1) is 11.8 Å². The van der Waals surface area contributed by atoms with Crippen LogP contribution in [0.15, 0.2) is 6.33 Å². The minimum absolute atomic E-state index is 0.313. The molecule has 0 bridgehead atoms. The van der Waals surface area contributed by atoms with E-state index in [0.29, 0.717) is 39.0 Å². The lowest BCUT2D eigenvalue weighted by Gasteiger charge is -2.38.